The molecule has 0 atom stereocenters. The molecule has 320 valence electrons. The van der Waals surface area contributed by atoms with E-state index in [1.807, 2.05) is 0 Å². The van der Waals surface area contributed by atoms with Crippen LogP contribution < -0.4 is 9.80 Å². The maximum absolute atomic E-state index is 6.97. The predicted octanol–water partition coefficient (Wildman–Crippen LogP) is 18.0. The van der Waals surface area contributed by atoms with Crippen LogP contribution >= 0.6 is 0 Å². The van der Waals surface area contributed by atoms with Gasteiger partial charge in [-0.2, -0.15) is 0 Å². The standard InChI is InChI=1S/C64H48N2O/c1-63(2)55-27-15-13-22-48(55)50-36-34-45(38-57(50)63)66(46-35-37-51-49-23-14-16-28-56(49)64(3,4)58(51)39-46)59-40-54-61-47(26-17-29-60(61)67-62(54)53-25-12-11-24-52(53)59)41-30-32-44(33-31-41)65(42-18-7-5-8-19-42)43-20-9-6-10-21-43/h5-40H,1-4H3. The maximum atomic E-state index is 6.97. The summed E-state index contributed by atoms with van der Waals surface area (Å²) in [4.78, 5) is 4.82. The van der Waals surface area contributed by atoms with Crippen molar-refractivity contribution < 1.29 is 4.42 Å². The van der Waals surface area contributed by atoms with Gasteiger partial charge in [0.05, 0.1) is 5.69 Å². The summed E-state index contributed by atoms with van der Waals surface area (Å²) in [5.74, 6) is 0. The van der Waals surface area contributed by atoms with Gasteiger partial charge in [0.1, 0.15) is 11.2 Å². The molecule has 0 saturated carbocycles. The minimum absolute atomic E-state index is 0.161. The number of fused-ring (bicyclic) bond motifs is 11. The minimum Gasteiger partial charge on any atom is -0.455 e. The Balaban J connectivity index is 1.03. The average Bonchev–Trinajstić information content (AvgIpc) is 3.95. The highest BCUT2D eigenvalue weighted by atomic mass is 16.3. The third kappa shape index (κ3) is 5.90. The second kappa shape index (κ2) is 14.7. The van der Waals surface area contributed by atoms with Crippen molar-refractivity contribution in [2.24, 2.45) is 0 Å². The average molecular weight is 861 g/mol. The fraction of sp³-hybridized carbons (Fsp3) is 0.0938. The van der Waals surface area contributed by atoms with E-state index in [0.717, 1.165) is 78.0 Å². The number of nitrogens with zero attached hydrogens (tertiary/aromatic N) is 2. The maximum Gasteiger partial charge on any atom is 0.143 e. The summed E-state index contributed by atoms with van der Waals surface area (Å²) < 4.78 is 6.97. The van der Waals surface area contributed by atoms with Crippen molar-refractivity contribution in [1.82, 2.24) is 0 Å². The van der Waals surface area contributed by atoms with Crippen molar-refractivity contribution in [3.63, 3.8) is 0 Å². The fourth-order valence-electron chi connectivity index (χ4n) is 11.5. The van der Waals surface area contributed by atoms with Gasteiger partial charge in [-0.15, -0.1) is 0 Å². The van der Waals surface area contributed by atoms with E-state index in [0.29, 0.717) is 0 Å². The van der Waals surface area contributed by atoms with E-state index in [1.165, 1.54) is 44.5 Å². The van der Waals surface area contributed by atoms with Gasteiger partial charge in [-0.25, -0.2) is 0 Å². The van der Waals surface area contributed by atoms with E-state index in [2.05, 4.69) is 256 Å². The van der Waals surface area contributed by atoms with Crippen LogP contribution in [-0.4, -0.2) is 0 Å². The number of hydrogen-bond acceptors (Lipinski definition) is 3. The van der Waals surface area contributed by atoms with Gasteiger partial charge in [0, 0.05) is 60.8 Å². The highest BCUT2D eigenvalue weighted by Crippen LogP contribution is 2.54. The summed E-state index contributed by atoms with van der Waals surface area (Å²) in [6, 6.07) is 79.9. The van der Waals surface area contributed by atoms with Crippen molar-refractivity contribution in [3.8, 4) is 33.4 Å². The number of hydrogen-bond donors (Lipinski definition) is 0. The Labute approximate surface area is 391 Å². The third-order valence-corrected chi connectivity index (χ3v) is 14.8. The molecule has 0 N–H and O–H groups in total. The first-order valence-corrected chi connectivity index (χ1v) is 23.4. The van der Waals surface area contributed by atoms with Crippen LogP contribution in [0, 0.1) is 0 Å². The summed E-state index contributed by atoms with van der Waals surface area (Å²) in [5, 5.41) is 4.41. The molecule has 10 aromatic carbocycles. The van der Waals surface area contributed by atoms with Crippen molar-refractivity contribution in [3.05, 3.63) is 241 Å². The molecule has 2 aliphatic carbocycles. The van der Waals surface area contributed by atoms with Crippen LogP contribution in [0.3, 0.4) is 0 Å². The quantitative estimate of drug-likeness (QED) is 0.159. The topological polar surface area (TPSA) is 19.6 Å². The minimum atomic E-state index is -0.161. The molecule has 1 aromatic heterocycles. The van der Waals surface area contributed by atoms with Gasteiger partial charge in [-0.1, -0.05) is 173 Å². The zero-order valence-electron chi connectivity index (χ0n) is 38.1. The number of para-hydroxylation sites is 2. The first-order chi connectivity index (χ1) is 32.8. The van der Waals surface area contributed by atoms with E-state index < -0.39 is 0 Å². The van der Waals surface area contributed by atoms with Crippen LogP contribution in [-0.2, 0) is 10.8 Å². The Morgan fingerprint density at radius 3 is 1.37 bits per heavy atom. The molecule has 0 bridgehead atoms. The number of anilines is 6. The van der Waals surface area contributed by atoms with E-state index >= 15 is 0 Å². The third-order valence-electron chi connectivity index (χ3n) is 14.8. The summed E-state index contributed by atoms with van der Waals surface area (Å²) in [5.41, 5.74) is 21.1. The molecule has 0 saturated heterocycles. The molecule has 3 nitrogen and oxygen atoms in total. The molecule has 0 spiro atoms. The SMILES string of the molecule is CC1(C)c2ccccc2-c2ccc(N(c3ccc4c(c3)C(C)(C)c3ccccc3-4)c3cc4c(oc5cccc(-c6ccc(N(c7ccccc7)c7ccccc7)cc6)c54)c4ccccc34)cc21. The van der Waals surface area contributed by atoms with E-state index in [-0.39, 0.29) is 10.8 Å². The fourth-order valence-corrected chi connectivity index (χ4v) is 11.5. The highest BCUT2D eigenvalue weighted by Gasteiger charge is 2.38. The molecule has 3 heteroatoms. The van der Waals surface area contributed by atoms with Crippen LogP contribution in [0.4, 0.5) is 34.1 Å². The number of furan rings is 1. The summed E-state index contributed by atoms with van der Waals surface area (Å²) >= 11 is 0. The lowest BCUT2D eigenvalue weighted by molar-refractivity contribution is 0.660. The van der Waals surface area contributed by atoms with Crippen molar-refractivity contribution >= 4 is 66.8 Å². The molecule has 11 aromatic rings. The first kappa shape index (κ1) is 39.2. The number of rotatable bonds is 7. The van der Waals surface area contributed by atoms with Crippen molar-refractivity contribution in [1.29, 1.82) is 0 Å². The summed E-state index contributed by atoms with van der Waals surface area (Å²) in [7, 11) is 0. The lowest BCUT2D eigenvalue weighted by Gasteiger charge is -2.30. The highest BCUT2D eigenvalue weighted by molar-refractivity contribution is 6.22. The van der Waals surface area contributed by atoms with E-state index in [4.69, 9.17) is 4.42 Å². The number of benzene rings is 10. The van der Waals surface area contributed by atoms with Gasteiger partial charge in [-0.05, 0) is 128 Å². The monoisotopic (exact) mass is 860 g/mol. The molecule has 2 aliphatic rings. The Kier molecular flexibility index (Phi) is 8.60. The first-order valence-electron chi connectivity index (χ1n) is 23.4. The molecule has 13 rings (SSSR count). The second-order valence-electron chi connectivity index (χ2n) is 19.3. The predicted molar refractivity (Wildman–Crippen MR) is 281 cm³/mol. The zero-order valence-corrected chi connectivity index (χ0v) is 38.1. The van der Waals surface area contributed by atoms with Crippen molar-refractivity contribution in [2.45, 2.75) is 38.5 Å². The Bertz CT molecular complexity index is 3600. The van der Waals surface area contributed by atoms with E-state index in [1.54, 1.807) is 0 Å². The van der Waals surface area contributed by atoms with E-state index in [9.17, 15) is 0 Å². The molecule has 67 heavy (non-hydrogen) atoms. The molecular weight excluding hydrogens is 813 g/mol. The molecule has 0 amide bonds. The Morgan fingerprint density at radius 2 is 0.791 bits per heavy atom. The van der Waals surface area contributed by atoms with Gasteiger partial charge < -0.3 is 14.2 Å². The van der Waals surface area contributed by atoms with Gasteiger partial charge in [0.25, 0.3) is 0 Å². The normalized spacial score (nSPS) is 13.9. The van der Waals surface area contributed by atoms with Crippen LogP contribution in [0.1, 0.15) is 49.9 Å². The van der Waals surface area contributed by atoms with Crippen molar-refractivity contribution in [2.75, 3.05) is 9.80 Å². The van der Waals surface area contributed by atoms with Crippen LogP contribution in [0.25, 0.3) is 66.1 Å². The summed E-state index contributed by atoms with van der Waals surface area (Å²) in [6.45, 7) is 9.48. The van der Waals surface area contributed by atoms with Gasteiger partial charge in [0.15, 0.2) is 0 Å². The largest absolute Gasteiger partial charge is 0.455 e. The molecule has 0 radical (unpaired) electrons. The smallest absolute Gasteiger partial charge is 0.143 e. The molecule has 0 fully saturated rings. The Hall–Kier alpha value is -8.14. The van der Waals surface area contributed by atoms with Crippen LogP contribution in [0.2, 0.25) is 0 Å². The summed E-state index contributed by atoms with van der Waals surface area (Å²) in [6.07, 6.45) is 0. The Morgan fingerprint density at radius 1 is 0.328 bits per heavy atom. The van der Waals surface area contributed by atoms with Crippen LogP contribution in [0.5, 0.6) is 0 Å². The molecule has 0 unspecified atom stereocenters. The van der Waals surface area contributed by atoms with Gasteiger partial charge >= 0.3 is 0 Å². The zero-order chi connectivity index (χ0) is 45.0. The molecular formula is C64H48N2O. The van der Waals surface area contributed by atoms with Crippen LogP contribution in [0.15, 0.2) is 223 Å². The lowest BCUT2D eigenvalue weighted by atomic mass is 9.82. The van der Waals surface area contributed by atoms with Gasteiger partial charge in [-0.3, -0.25) is 0 Å². The lowest BCUT2D eigenvalue weighted by Crippen LogP contribution is -2.18. The second-order valence-corrected chi connectivity index (χ2v) is 19.3. The van der Waals surface area contributed by atoms with Gasteiger partial charge in [0.2, 0.25) is 0 Å². The molecule has 1 heterocycles. The molecule has 0 aliphatic heterocycles.